The predicted molar refractivity (Wildman–Crippen MR) is 74.2 cm³/mol. The van der Waals surface area contributed by atoms with Crippen LogP contribution in [0, 0.1) is 0 Å². The summed E-state index contributed by atoms with van der Waals surface area (Å²) in [6.07, 6.45) is 6.26. The highest BCUT2D eigenvalue weighted by Crippen LogP contribution is 2.49. The molecule has 0 spiro atoms. The van der Waals surface area contributed by atoms with Crippen molar-refractivity contribution in [2.45, 2.75) is 50.5 Å². The first-order valence-corrected chi connectivity index (χ1v) is 7.34. The van der Waals surface area contributed by atoms with Gasteiger partial charge in [-0.1, -0.05) is 38.0 Å². The van der Waals surface area contributed by atoms with Gasteiger partial charge in [0.1, 0.15) is 11.4 Å². The Morgan fingerprint density at radius 1 is 1.33 bits per heavy atom. The molecule has 98 valence electrons. The van der Waals surface area contributed by atoms with E-state index >= 15 is 0 Å². The number of hydrogen-bond acceptors (Lipinski definition) is 2. The lowest BCUT2D eigenvalue weighted by atomic mass is 9.76. The molecule has 2 atom stereocenters. The summed E-state index contributed by atoms with van der Waals surface area (Å²) in [5.74, 6) is 1.68. The van der Waals surface area contributed by atoms with E-state index in [-0.39, 0.29) is 5.60 Å². The molecule has 3 rings (SSSR count). The number of hydrogen-bond donors (Lipinski definition) is 1. The van der Waals surface area contributed by atoms with Crippen LogP contribution in [0.25, 0.3) is 0 Å². The van der Waals surface area contributed by atoms with Gasteiger partial charge in [0.15, 0.2) is 0 Å². The second-order valence-corrected chi connectivity index (χ2v) is 5.67. The van der Waals surface area contributed by atoms with Crippen LogP contribution in [0.5, 0.6) is 5.75 Å². The van der Waals surface area contributed by atoms with Gasteiger partial charge in [0.25, 0.3) is 0 Å². The van der Waals surface area contributed by atoms with Gasteiger partial charge in [-0.05, 0) is 25.5 Å². The lowest BCUT2D eigenvalue weighted by Gasteiger charge is -2.39. The average molecular weight is 245 g/mol. The zero-order valence-electron chi connectivity index (χ0n) is 11.2. The molecule has 18 heavy (non-hydrogen) atoms. The van der Waals surface area contributed by atoms with Crippen molar-refractivity contribution in [2.24, 2.45) is 0 Å². The molecule has 0 radical (unpaired) electrons. The standard InChI is InChI=1S/C16H23NO/c1-2-3-6-9-16-10-11-17-12-14(16)13-7-4-5-8-15(13)18-16/h4-5,7-8,14,17H,2-3,6,9-12H2,1H3/t14-,16-/m1/s1. The van der Waals surface area contributed by atoms with E-state index in [2.05, 4.69) is 36.5 Å². The molecular formula is C16H23NO. The van der Waals surface area contributed by atoms with Gasteiger partial charge < -0.3 is 10.1 Å². The topological polar surface area (TPSA) is 21.3 Å². The maximum atomic E-state index is 6.41. The van der Waals surface area contributed by atoms with Crippen molar-refractivity contribution in [3.63, 3.8) is 0 Å². The summed E-state index contributed by atoms with van der Waals surface area (Å²) in [6, 6.07) is 8.60. The van der Waals surface area contributed by atoms with Crippen molar-refractivity contribution in [3.05, 3.63) is 29.8 Å². The van der Waals surface area contributed by atoms with E-state index in [1.807, 2.05) is 0 Å². The molecule has 0 aliphatic carbocycles. The number of nitrogens with one attached hydrogen (secondary N) is 1. The summed E-state index contributed by atoms with van der Waals surface area (Å²) in [7, 11) is 0. The molecule has 0 bridgehead atoms. The van der Waals surface area contributed by atoms with Crippen LogP contribution >= 0.6 is 0 Å². The van der Waals surface area contributed by atoms with Crippen molar-refractivity contribution < 1.29 is 4.74 Å². The van der Waals surface area contributed by atoms with Crippen molar-refractivity contribution in [3.8, 4) is 5.75 Å². The van der Waals surface area contributed by atoms with E-state index in [1.54, 1.807) is 0 Å². The van der Waals surface area contributed by atoms with E-state index in [9.17, 15) is 0 Å². The summed E-state index contributed by atoms with van der Waals surface area (Å²) in [6.45, 7) is 4.43. The van der Waals surface area contributed by atoms with Gasteiger partial charge in [-0.3, -0.25) is 0 Å². The van der Waals surface area contributed by atoms with Gasteiger partial charge in [0, 0.05) is 24.4 Å². The molecule has 1 fully saturated rings. The Balaban J connectivity index is 1.84. The highest BCUT2D eigenvalue weighted by molar-refractivity contribution is 5.44. The Hall–Kier alpha value is -1.02. The highest BCUT2D eigenvalue weighted by atomic mass is 16.5. The average Bonchev–Trinajstić information content (AvgIpc) is 2.73. The number of benzene rings is 1. The minimum Gasteiger partial charge on any atom is -0.486 e. The van der Waals surface area contributed by atoms with E-state index in [0.29, 0.717) is 5.92 Å². The van der Waals surface area contributed by atoms with Crippen molar-refractivity contribution in [1.29, 1.82) is 0 Å². The fourth-order valence-corrected chi connectivity index (χ4v) is 3.53. The number of unbranched alkanes of at least 4 members (excludes halogenated alkanes) is 2. The Kier molecular flexibility index (Phi) is 3.29. The van der Waals surface area contributed by atoms with Crippen LogP contribution < -0.4 is 10.1 Å². The zero-order chi connectivity index (χ0) is 12.4. The number of fused-ring (bicyclic) bond motifs is 3. The number of piperidine rings is 1. The molecule has 2 nitrogen and oxygen atoms in total. The van der Waals surface area contributed by atoms with E-state index in [0.717, 1.165) is 25.3 Å². The van der Waals surface area contributed by atoms with Crippen LogP contribution in [0.3, 0.4) is 0 Å². The second-order valence-electron chi connectivity index (χ2n) is 5.67. The molecule has 2 heteroatoms. The summed E-state index contributed by atoms with van der Waals surface area (Å²) in [4.78, 5) is 0. The van der Waals surface area contributed by atoms with Crippen LogP contribution in [0.2, 0.25) is 0 Å². The van der Waals surface area contributed by atoms with Crippen molar-refractivity contribution in [2.75, 3.05) is 13.1 Å². The maximum absolute atomic E-state index is 6.41. The first-order chi connectivity index (χ1) is 8.86. The van der Waals surface area contributed by atoms with Gasteiger partial charge in [-0.25, -0.2) is 0 Å². The Bertz CT molecular complexity index is 417. The normalized spacial score (nSPS) is 29.5. The van der Waals surface area contributed by atoms with Crippen molar-refractivity contribution in [1.82, 2.24) is 5.32 Å². The number of ether oxygens (including phenoxy) is 1. The lowest BCUT2D eigenvalue weighted by molar-refractivity contribution is 0.0319. The molecule has 2 heterocycles. The molecule has 1 N–H and O–H groups in total. The minimum absolute atomic E-state index is 0.0874. The van der Waals surface area contributed by atoms with Crippen LogP contribution in [0.4, 0.5) is 0 Å². The summed E-state index contributed by atoms with van der Waals surface area (Å²) >= 11 is 0. The molecule has 0 aromatic heterocycles. The predicted octanol–water partition coefficient (Wildman–Crippen LogP) is 3.48. The molecule has 2 aliphatic rings. The fourth-order valence-electron chi connectivity index (χ4n) is 3.53. The molecular weight excluding hydrogens is 222 g/mol. The summed E-state index contributed by atoms with van der Waals surface area (Å²) < 4.78 is 6.41. The maximum Gasteiger partial charge on any atom is 0.123 e. The smallest absolute Gasteiger partial charge is 0.123 e. The van der Waals surface area contributed by atoms with E-state index in [1.165, 1.54) is 31.2 Å². The van der Waals surface area contributed by atoms with Crippen molar-refractivity contribution >= 4 is 0 Å². The number of para-hydroxylation sites is 1. The number of rotatable bonds is 4. The molecule has 0 saturated carbocycles. The second kappa shape index (κ2) is 4.93. The van der Waals surface area contributed by atoms with Crippen LogP contribution in [-0.2, 0) is 0 Å². The quantitative estimate of drug-likeness (QED) is 0.820. The summed E-state index contributed by atoms with van der Waals surface area (Å²) in [5.41, 5.74) is 1.51. The van der Waals surface area contributed by atoms with Gasteiger partial charge in [-0.15, -0.1) is 0 Å². The van der Waals surface area contributed by atoms with Crippen LogP contribution in [0.15, 0.2) is 24.3 Å². The molecule has 1 aromatic rings. The minimum atomic E-state index is 0.0874. The third kappa shape index (κ3) is 1.93. The first-order valence-electron chi connectivity index (χ1n) is 7.34. The largest absolute Gasteiger partial charge is 0.486 e. The van der Waals surface area contributed by atoms with Gasteiger partial charge in [-0.2, -0.15) is 0 Å². The zero-order valence-corrected chi connectivity index (χ0v) is 11.2. The van der Waals surface area contributed by atoms with E-state index < -0.39 is 0 Å². The molecule has 1 saturated heterocycles. The Morgan fingerprint density at radius 2 is 2.22 bits per heavy atom. The third-order valence-electron chi connectivity index (χ3n) is 4.52. The van der Waals surface area contributed by atoms with Crippen LogP contribution in [-0.4, -0.2) is 18.7 Å². The van der Waals surface area contributed by atoms with E-state index in [4.69, 9.17) is 4.74 Å². The summed E-state index contributed by atoms with van der Waals surface area (Å²) in [5, 5.41) is 3.53. The van der Waals surface area contributed by atoms with Gasteiger partial charge >= 0.3 is 0 Å². The Morgan fingerprint density at radius 3 is 3.11 bits per heavy atom. The third-order valence-corrected chi connectivity index (χ3v) is 4.52. The molecule has 0 amide bonds. The Labute approximate surface area is 110 Å². The molecule has 2 aliphatic heterocycles. The SMILES string of the molecule is CCCCC[C@@]12CCNC[C@@H]1c1ccccc1O2. The van der Waals surface area contributed by atoms with Crippen LogP contribution in [0.1, 0.15) is 50.5 Å². The highest BCUT2D eigenvalue weighted by Gasteiger charge is 2.48. The van der Waals surface area contributed by atoms with Gasteiger partial charge in [0.05, 0.1) is 0 Å². The van der Waals surface area contributed by atoms with Gasteiger partial charge in [0.2, 0.25) is 0 Å². The fraction of sp³-hybridized carbons (Fsp3) is 0.625. The monoisotopic (exact) mass is 245 g/mol. The molecule has 1 aromatic carbocycles. The first kappa shape index (κ1) is 12.0. The molecule has 0 unspecified atom stereocenters. The lowest BCUT2D eigenvalue weighted by Crippen LogP contribution is -2.49.